The largest absolute Gasteiger partial charge is 0.494 e. The first-order valence-corrected chi connectivity index (χ1v) is 8.82. The molecule has 1 N–H and O–H groups in total. The van der Waals surface area contributed by atoms with Gasteiger partial charge in [-0.05, 0) is 63.2 Å². The van der Waals surface area contributed by atoms with Gasteiger partial charge < -0.3 is 19.2 Å². The highest BCUT2D eigenvalue weighted by atomic mass is 19.1. The van der Waals surface area contributed by atoms with Crippen LogP contribution in [0.2, 0.25) is 0 Å². The van der Waals surface area contributed by atoms with Crippen molar-refractivity contribution in [2.24, 2.45) is 0 Å². The molecule has 0 fully saturated rings. The van der Waals surface area contributed by atoms with Crippen molar-refractivity contribution >= 4 is 28.5 Å². The van der Waals surface area contributed by atoms with Crippen LogP contribution in [0, 0.1) is 12.7 Å². The highest BCUT2D eigenvalue weighted by molar-refractivity contribution is 5.99. The van der Waals surface area contributed by atoms with Crippen LogP contribution in [0.5, 0.6) is 5.75 Å². The van der Waals surface area contributed by atoms with Gasteiger partial charge >= 0.3 is 5.97 Å². The van der Waals surface area contributed by atoms with Crippen LogP contribution in [0.1, 0.15) is 30.0 Å². The monoisotopic (exact) mass is 385 g/mol. The van der Waals surface area contributed by atoms with Gasteiger partial charge in [-0.1, -0.05) is 0 Å². The summed E-state index contributed by atoms with van der Waals surface area (Å²) in [5, 5.41) is 3.15. The molecule has 0 radical (unpaired) electrons. The lowest BCUT2D eigenvalue weighted by Crippen LogP contribution is -2.30. The molecule has 2 aromatic carbocycles. The van der Waals surface area contributed by atoms with E-state index in [0.717, 1.165) is 0 Å². The molecule has 0 bridgehead atoms. The van der Waals surface area contributed by atoms with Gasteiger partial charge in [0.15, 0.2) is 6.10 Å². The van der Waals surface area contributed by atoms with Crippen LogP contribution in [-0.4, -0.2) is 24.6 Å². The number of rotatable bonds is 6. The van der Waals surface area contributed by atoms with E-state index in [2.05, 4.69) is 5.32 Å². The van der Waals surface area contributed by atoms with Gasteiger partial charge in [0.1, 0.15) is 17.1 Å². The highest BCUT2D eigenvalue weighted by Crippen LogP contribution is 2.27. The normalized spacial score (nSPS) is 11.9. The van der Waals surface area contributed by atoms with Gasteiger partial charge in [-0.25, -0.2) is 9.18 Å². The molecule has 0 saturated heterocycles. The topological polar surface area (TPSA) is 77.8 Å². The van der Waals surface area contributed by atoms with Crippen molar-refractivity contribution in [3.63, 3.8) is 0 Å². The van der Waals surface area contributed by atoms with E-state index < -0.39 is 23.8 Å². The lowest BCUT2D eigenvalue weighted by atomic mass is 10.1. The molecule has 7 heteroatoms. The fraction of sp³-hybridized carbons (Fsp3) is 0.238. The van der Waals surface area contributed by atoms with Crippen LogP contribution in [0.15, 0.2) is 46.9 Å². The third kappa shape index (κ3) is 4.14. The molecule has 1 heterocycles. The Morgan fingerprint density at radius 2 is 1.89 bits per heavy atom. The summed E-state index contributed by atoms with van der Waals surface area (Å²) in [4.78, 5) is 24.7. The fourth-order valence-electron chi connectivity index (χ4n) is 2.70. The Labute approximate surface area is 161 Å². The molecule has 0 spiro atoms. The first kappa shape index (κ1) is 19.4. The van der Waals surface area contributed by atoms with Gasteiger partial charge in [-0.2, -0.15) is 0 Å². The molecular weight excluding hydrogens is 365 g/mol. The molecule has 0 aliphatic heterocycles. The molecular formula is C21H20FNO5. The molecule has 1 amide bonds. The van der Waals surface area contributed by atoms with Crippen LogP contribution in [0.3, 0.4) is 0 Å². The van der Waals surface area contributed by atoms with E-state index >= 15 is 0 Å². The second kappa shape index (κ2) is 8.12. The quantitative estimate of drug-likeness (QED) is 0.634. The van der Waals surface area contributed by atoms with E-state index in [4.69, 9.17) is 13.9 Å². The van der Waals surface area contributed by atoms with Crippen molar-refractivity contribution in [2.45, 2.75) is 26.9 Å². The van der Waals surface area contributed by atoms with Crippen molar-refractivity contribution in [3.05, 3.63) is 59.6 Å². The van der Waals surface area contributed by atoms with Crippen LogP contribution >= 0.6 is 0 Å². The van der Waals surface area contributed by atoms with Crippen LogP contribution in [-0.2, 0) is 9.53 Å². The Balaban J connectivity index is 1.66. The molecule has 1 aromatic heterocycles. The minimum atomic E-state index is -1.05. The molecule has 0 aliphatic carbocycles. The molecule has 1 atom stereocenters. The number of hydrogen-bond acceptors (Lipinski definition) is 5. The number of carbonyl (C=O) groups is 2. The highest BCUT2D eigenvalue weighted by Gasteiger charge is 2.24. The summed E-state index contributed by atoms with van der Waals surface area (Å²) in [6.07, 6.45) is -1.05. The summed E-state index contributed by atoms with van der Waals surface area (Å²) in [5.74, 6) is -1.07. The zero-order valence-electron chi connectivity index (χ0n) is 15.7. The number of hydrogen-bond donors (Lipinski definition) is 1. The number of halogens is 1. The summed E-state index contributed by atoms with van der Waals surface area (Å²) in [7, 11) is 0. The lowest BCUT2D eigenvalue weighted by Gasteiger charge is -2.13. The molecule has 6 nitrogen and oxygen atoms in total. The molecule has 146 valence electrons. The fourth-order valence-corrected chi connectivity index (χ4v) is 2.70. The third-order valence-electron chi connectivity index (χ3n) is 4.17. The van der Waals surface area contributed by atoms with Gasteiger partial charge in [0.2, 0.25) is 5.76 Å². The molecule has 0 unspecified atom stereocenters. The van der Waals surface area contributed by atoms with E-state index in [1.54, 1.807) is 31.2 Å². The molecule has 28 heavy (non-hydrogen) atoms. The number of furan rings is 1. The van der Waals surface area contributed by atoms with E-state index in [1.165, 1.54) is 25.1 Å². The molecule has 3 rings (SSSR count). The summed E-state index contributed by atoms with van der Waals surface area (Å²) < 4.78 is 29.4. The van der Waals surface area contributed by atoms with Crippen molar-refractivity contribution in [2.75, 3.05) is 11.9 Å². The van der Waals surface area contributed by atoms with Gasteiger partial charge in [-0.3, -0.25) is 4.79 Å². The number of anilines is 1. The van der Waals surface area contributed by atoms with Crippen LogP contribution in [0.25, 0.3) is 11.0 Å². The number of ether oxygens (including phenoxy) is 2. The average Bonchev–Trinajstić information content (AvgIpc) is 3.00. The molecule has 3 aromatic rings. The van der Waals surface area contributed by atoms with Gasteiger partial charge in [0.25, 0.3) is 5.91 Å². The van der Waals surface area contributed by atoms with Gasteiger partial charge in [0, 0.05) is 16.6 Å². The Kier molecular flexibility index (Phi) is 5.63. The maximum absolute atomic E-state index is 13.4. The standard InChI is InChI=1S/C21H20FNO5/c1-4-26-16-8-6-15(7-9-16)23-20(24)13(3)27-21(25)19-12(2)17-11-14(22)5-10-18(17)28-19/h5-11,13H,4H2,1-3H3,(H,23,24)/t13-/m0/s1. The second-order valence-electron chi connectivity index (χ2n) is 6.19. The number of nitrogens with one attached hydrogen (secondary N) is 1. The minimum absolute atomic E-state index is 0.0543. The predicted molar refractivity (Wildman–Crippen MR) is 102 cm³/mol. The summed E-state index contributed by atoms with van der Waals surface area (Å²) in [5.41, 5.74) is 1.38. The van der Waals surface area contributed by atoms with E-state index in [1.807, 2.05) is 6.92 Å². The minimum Gasteiger partial charge on any atom is -0.494 e. The summed E-state index contributed by atoms with van der Waals surface area (Å²) in [6.45, 7) is 5.52. The lowest BCUT2D eigenvalue weighted by molar-refractivity contribution is -0.123. The van der Waals surface area contributed by atoms with E-state index in [9.17, 15) is 14.0 Å². The maximum Gasteiger partial charge on any atom is 0.375 e. The van der Waals surface area contributed by atoms with Crippen LogP contribution in [0.4, 0.5) is 10.1 Å². The average molecular weight is 385 g/mol. The Morgan fingerprint density at radius 1 is 1.18 bits per heavy atom. The number of carbonyl (C=O) groups excluding carboxylic acids is 2. The Morgan fingerprint density at radius 3 is 2.57 bits per heavy atom. The first-order chi connectivity index (χ1) is 13.4. The number of esters is 1. The van der Waals surface area contributed by atoms with Crippen molar-refractivity contribution in [3.8, 4) is 5.75 Å². The number of aryl methyl sites for hydroxylation is 1. The SMILES string of the molecule is CCOc1ccc(NC(=O)[C@H](C)OC(=O)c2oc3ccc(F)cc3c2C)cc1. The van der Waals surface area contributed by atoms with E-state index in [-0.39, 0.29) is 5.76 Å². The smallest absolute Gasteiger partial charge is 0.375 e. The number of amides is 1. The second-order valence-corrected chi connectivity index (χ2v) is 6.19. The zero-order valence-corrected chi connectivity index (χ0v) is 15.7. The third-order valence-corrected chi connectivity index (χ3v) is 4.17. The van der Waals surface area contributed by atoms with Crippen molar-refractivity contribution in [1.29, 1.82) is 0 Å². The Bertz CT molecular complexity index is 1010. The Hall–Kier alpha value is -3.35. The van der Waals surface area contributed by atoms with Crippen molar-refractivity contribution < 1.29 is 27.9 Å². The maximum atomic E-state index is 13.4. The van der Waals surface area contributed by atoms with Gasteiger partial charge in [-0.15, -0.1) is 0 Å². The van der Waals surface area contributed by atoms with Gasteiger partial charge in [0.05, 0.1) is 6.61 Å². The summed E-state index contributed by atoms with van der Waals surface area (Å²) >= 11 is 0. The summed E-state index contributed by atoms with van der Waals surface area (Å²) in [6, 6.07) is 10.8. The number of benzene rings is 2. The van der Waals surface area contributed by atoms with Crippen LogP contribution < -0.4 is 10.1 Å². The van der Waals surface area contributed by atoms with Crippen molar-refractivity contribution in [1.82, 2.24) is 0 Å². The first-order valence-electron chi connectivity index (χ1n) is 8.82. The molecule has 0 saturated carbocycles. The predicted octanol–water partition coefficient (Wildman–Crippen LogP) is 4.46. The molecule has 0 aliphatic rings. The van der Waals surface area contributed by atoms with E-state index in [0.29, 0.717) is 34.6 Å². The zero-order chi connectivity index (χ0) is 20.3. The number of fused-ring (bicyclic) bond motifs is 1.